The number of piperazine rings is 1. The van der Waals surface area contributed by atoms with Crippen LogP contribution in [-0.2, 0) is 6.54 Å². The Hall–Kier alpha value is -1.29. The van der Waals surface area contributed by atoms with E-state index in [1.807, 2.05) is 23.2 Å². The second-order valence-electron chi connectivity index (χ2n) is 4.64. The minimum Gasteiger partial charge on any atom is -0.344 e. The van der Waals surface area contributed by atoms with Crippen molar-refractivity contribution in [1.82, 2.24) is 14.8 Å². The topological polar surface area (TPSA) is 37.3 Å². The van der Waals surface area contributed by atoms with Crippen LogP contribution in [-0.4, -0.2) is 41.1 Å². The third-order valence-electron chi connectivity index (χ3n) is 3.28. The fraction of sp³-hybridized carbons (Fsp3) is 0.615. The van der Waals surface area contributed by atoms with E-state index in [0.29, 0.717) is 0 Å². The van der Waals surface area contributed by atoms with Gasteiger partial charge in [-0.2, -0.15) is 0 Å². The molecule has 0 unspecified atom stereocenters. The van der Waals surface area contributed by atoms with Crippen LogP contribution >= 0.6 is 0 Å². The van der Waals surface area contributed by atoms with Crippen LogP contribution in [0.4, 0.5) is 0 Å². The molecule has 0 saturated carbocycles. The Morgan fingerprint density at radius 1 is 1.59 bits per heavy atom. The second-order valence-corrected chi connectivity index (χ2v) is 4.64. The molecule has 2 rings (SSSR count). The van der Waals surface area contributed by atoms with E-state index in [0.717, 1.165) is 38.3 Å². The number of aromatic nitrogens is 1. The summed E-state index contributed by atoms with van der Waals surface area (Å²) in [5, 5.41) is 3.30. The lowest BCUT2D eigenvalue weighted by Crippen LogP contribution is -2.52. The molecule has 1 N–H and O–H groups in total. The van der Waals surface area contributed by atoms with Gasteiger partial charge in [-0.25, -0.2) is 0 Å². The Labute approximate surface area is 103 Å². The molecule has 4 heteroatoms. The lowest BCUT2D eigenvalue weighted by molar-refractivity contribution is 0.0644. The molecule has 94 valence electrons. The van der Waals surface area contributed by atoms with Gasteiger partial charge >= 0.3 is 0 Å². The molecule has 1 aliphatic heterocycles. The van der Waals surface area contributed by atoms with E-state index in [2.05, 4.69) is 23.7 Å². The van der Waals surface area contributed by atoms with E-state index >= 15 is 0 Å². The van der Waals surface area contributed by atoms with Crippen LogP contribution in [0, 0.1) is 0 Å². The predicted octanol–water partition coefficient (Wildman–Crippen LogP) is 1.33. The molecule has 17 heavy (non-hydrogen) atoms. The number of hydrogen-bond acceptors (Lipinski definition) is 2. The lowest BCUT2D eigenvalue weighted by Gasteiger charge is -2.34. The van der Waals surface area contributed by atoms with E-state index in [1.54, 1.807) is 0 Å². The minimum absolute atomic E-state index is 0.164. The summed E-state index contributed by atoms with van der Waals surface area (Å²) in [7, 11) is 0. The van der Waals surface area contributed by atoms with Crippen LogP contribution in [0.5, 0.6) is 0 Å². The number of carbonyl (C=O) groups is 1. The second kappa shape index (κ2) is 5.36. The highest BCUT2D eigenvalue weighted by Crippen LogP contribution is 2.11. The Kier molecular flexibility index (Phi) is 3.84. The maximum Gasteiger partial charge on any atom is 0.270 e. The molecule has 0 aliphatic carbocycles. The molecule has 1 aromatic heterocycles. The zero-order chi connectivity index (χ0) is 12.3. The van der Waals surface area contributed by atoms with Crippen molar-refractivity contribution >= 4 is 5.91 Å². The summed E-state index contributed by atoms with van der Waals surface area (Å²) in [5.41, 5.74) is 0.820. The number of nitrogens with one attached hydrogen (secondary N) is 1. The molecule has 1 fully saturated rings. The van der Waals surface area contributed by atoms with Crippen molar-refractivity contribution in [3.63, 3.8) is 0 Å². The zero-order valence-corrected chi connectivity index (χ0v) is 10.6. The highest BCUT2D eigenvalue weighted by atomic mass is 16.2. The van der Waals surface area contributed by atoms with Crippen LogP contribution in [0.1, 0.15) is 30.8 Å². The first-order chi connectivity index (χ1) is 8.24. The Morgan fingerprint density at radius 2 is 2.41 bits per heavy atom. The summed E-state index contributed by atoms with van der Waals surface area (Å²) in [6.45, 7) is 7.72. The summed E-state index contributed by atoms with van der Waals surface area (Å²) in [5.74, 6) is 0.164. The molecule has 1 amide bonds. The average molecular weight is 235 g/mol. The number of nitrogens with zero attached hydrogens (tertiary/aromatic N) is 2. The quantitative estimate of drug-likeness (QED) is 0.858. The Morgan fingerprint density at radius 3 is 3.12 bits per heavy atom. The van der Waals surface area contributed by atoms with Gasteiger partial charge in [-0.3, -0.25) is 4.79 Å². The van der Waals surface area contributed by atoms with Crippen molar-refractivity contribution in [2.45, 2.75) is 32.9 Å². The van der Waals surface area contributed by atoms with Gasteiger partial charge in [-0.15, -0.1) is 0 Å². The summed E-state index contributed by atoms with van der Waals surface area (Å²) in [6.07, 6.45) is 3.04. The number of rotatable bonds is 3. The van der Waals surface area contributed by atoms with Crippen molar-refractivity contribution in [1.29, 1.82) is 0 Å². The number of carbonyl (C=O) groups excluding carboxylic acids is 1. The molecular formula is C13H21N3O. The van der Waals surface area contributed by atoms with Crippen molar-refractivity contribution in [2.24, 2.45) is 0 Å². The van der Waals surface area contributed by atoms with E-state index in [9.17, 15) is 4.79 Å². The van der Waals surface area contributed by atoms with Gasteiger partial charge in [0.25, 0.3) is 5.91 Å². The standard InChI is InChI=1S/C13H21N3O/c1-3-7-15-8-4-5-12(15)13(17)16-9-6-14-10-11(16)2/h4-5,8,11,14H,3,6-7,9-10H2,1-2H3/t11-/m0/s1. The van der Waals surface area contributed by atoms with Gasteiger partial charge in [0.05, 0.1) is 0 Å². The molecule has 0 radical (unpaired) electrons. The van der Waals surface area contributed by atoms with Gasteiger partial charge in [-0.05, 0) is 25.5 Å². The fourth-order valence-corrected chi connectivity index (χ4v) is 2.33. The van der Waals surface area contributed by atoms with E-state index < -0.39 is 0 Å². The highest BCUT2D eigenvalue weighted by Gasteiger charge is 2.25. The molecular weight excluding hydrogens is 214 g/mol. The molecule has 0 bridgehead atoms. The molecule has 4 nitrogen and oxygen atoms in total. The largest absolute Gasteiger partial charge is 0.344 e. The van der Waals surface area contributed by atoms with Crippen LogP contribution < -0.4 is 5.32 Å². The molecule has 0 aromatic carbocycles. The first kappa shape index (κ1) is 12.2. The van der Waals surface area contributed by atoms with E-state index in [1.165, 1.54) is 0 Å². The van der Waals surface area contributed by atoms with Crippen LogP contribution in [0.2, 0.25) is 0 Å². The third-order valence-corrected chi connectivity index (χ3v) is 3.28. The zero-order valence-electron chi connectivity index (χ0n) is 10.6. The Bertz CT molecular complexity index is 386. The maximum atomic E-state index is 12.4. The number of hydrogen-bond donors (Lipinski definition) is 1. The SMILES string of the molecule is CCCn1cccc1C(=O)N1CCNC[C@@H]1C. The summed E-state index contributed by atoms with van der Waals surface area (Å²) in [6, 6.07) is 4.16. The minimum atomic E-state index is 0.164. The van der Waals surface area contributed by atoms with Gasteiger partial charge in [0.1, 0.15) is 5.69 Å². The van der Waals surface area contributed by atoms with E-state index in [4.69, 9.17) is 0 Å². The van der Waals surface area contributed by atoms with Gasteiger partial charge in [0.2, 0.25) is 0 Å². The van der Waals surface area contributed by atoms with Crippen LogP contribution in [0.15, 0.2) is 18.3 Å². The Balaban J connectivity index is 2.15. The molecule has 0 spiro atoms. The molecule has 1 aliphatic rings. The smallest absolute Gasteiger partial charge is 0.270 e. The molecule has 1 saturated heterocycles. The molecule has 2 heterocycles. The average Bonchev–Trinajstić information content (AvgIpc) is 2.78. The third kappa shape index (κ3) is 2.52. The van der Waals surface area contributed by atoms with Crippen molar-refractivity contribution in [2.75, 3.05) is 19.6 Å². The summed E-state index contributed by atoms with van der Waals surface area (Å²) < 4.78 is 2.05. The summed E-state index contributed by atoms with van der Waals surface area (Å²) in [4.78, 5) is 14.4. The van der Waals surface area contributed by atoms with Gasteiger partial charge in [-0.1, -0.05) is 6.92 Å². The van der Waals surface area contributed by atoms with Crippen molar-refractivity contribution in [3.8, 4) is 0 Å². The molecule has 1 aromatic rings. The monoisotopic (exact) mass is 235 g/mol. The normalized spacial score (nSPS) is 20.6. The van der Waals surface area contributed by atoms with Crippen molar-refractivity contribution < 1.29 is 4.79 Å². The first-order valence-electron chi connectivity index (χ1n) is 6.41. The lowest BCUT2D eigenvalue weighted by atomic mass is 10.2. The maximum absolute atomic E-state index is 12.4. The van der Waals surface area contributed by atoms with Crippen LogP contribution in [0.3, 0.4) is 0 Å². The van der Waals surface area contributed by atoms with Gasteiger partial charge in [0.15, 0.2) is 0 Å². The number of aryl methyl sites for hydroxylation is 1. The molecule has 1 atom stereocenters. The van der Waals surface area contributed by atoms with Gasteiger partial charge in [0, 0.05) is 38.4 Å². The van der Waals surface area contributed by atoms with Gasteiger partial charge < -0.3 is 14.8 Å². The predicted molar refractivity (Wildman–Crippen MR) is 68.1 cm³/mol. The summed E-state index contributed by atoms with van der Waals surface area (Å²) >= 11 is 0. The first-order valence-corrected chi connectivity index (χ1v) is 6.41. The number of amides is 1. The van der Waals surface area contributed by atoms with E-state index in [-0.39, 0.29) is 11.9 Å². The highest BCUT2D eigenvalue weighted by molar-refractivity contribution is 5.93. The van der Waals surface area contributed by atoms with Crippen molar-refractivity contribution in [3.05, 3.63) is 24.0 Å². The van der Waals surface area contributed by atoms with Crippen LogP contribution in [0.25, 0.3) is 0 Å². The fourth-order valence-electron chi connectivity index (χ4n) is 2.33.